The van der Waals surface area contributed by atoms with Gasteiger partial charge in [0.25, 0.3) is 0 Å². The summed E-state index contributed by atoms with van der Waals surface area (Å²) in [6.45, 7) is 6.51. The first-order valence-electron chi connectivity index (χ1n) is 7.28. The van der Waals surface area contributed by atoms with Crippen LogP contribution in [0.2, 0.25) is 0 Å². The van der Waals surface area contributed by atoms with Crippen LogP contribution < -0.4 is 4.57 Å². The Bertz CT molecular complexity index is 797. The Morgan fingerprint density at radius 2 is 1.76 bits per heavy atom. The van der Waals surface area contributed by atoms with E-state index in [1.807, 2.05) is 0 Å². The van der Waals surface area contributed by atoms with E-state index in [1.165, 1.54) is 33.8 Å². The molecule has 2 aromatic heterocycles. The lowest BCUT2D eigenvalue weighted by molar-refractivity contribution is -0.603. The summed E-state index contributed by atoms with van der Waals surface area (Å²) in [5.74, 6) is 0. The van der Waals surface area contributed by atoms with Crippen molar-refractivity contribution in [2.75, 3.05) is 0 Å². The van der Waals surface area contributed by atoms with Gasteiger partial charge in [-0.05, 0) is 37.6 Å². The van der Waals surface area contributed by atoms with Gasteiger partial charge in [-0.3, -0.25) is 0 Å². The molecule has 106 valence electrons. The predicted octanol–water partition coefficient (Wildman–Crippen LogP) is 3.89. The first-order valence-corrected chi connectivity index (χ1v) is 7.28. The summed E-state index contributed by atoms with van der Waals surface area (Å²) in [5, 5.41) is 0. The first kappa shape index (κ1) is 13.6. The summed E-state index contributed by atoms with van der Waals surface area (Å²) in [6.07, 6.45) is 4.23. The zero-order chi connectivity index (χ0) is 15.0. The molecule has 0 aliphatic rings. The number of hydrogen-bond donors (Lipinski definition) is 0. The van der Waals surface area contributed by atoms with Gasteiger partial charge in [0.05, 0.1) is 0 Å². The van der Waals surface area contributed by atoms with E-state index in [9.17, 15) is 0 Å². The molecule has 0 saturated carbocycles. The van der Waals surface area contributed by atoms with E-state index in [4.69, 9.17) is 0 Å². The van der Waals surface area contributed by atoms with Crippen molar-refractivity contribution in [2.24, 2.45) is 7.05 Å². The van der Waals surface area contributed by atoms with Gasteiger partial charge in [0, 0.05) is 55.2 Å². The van der Waals surface area contributed by atoms with Gasteiger partial charge in [0.1, 0.15) is 0 Å². The average Bonchev–Trinajstić information content (AvgIpc) is 2.88. The lowest BCUT2D eigenvalue weighted by Gasteiger charge is -2.11. The van der Waals surface area contributed by atoms with Crippen LogP contribution in [0.1, 0.15) is 16.8 Å². The van der Waals surface area contributed by atoms with Gasteiger partial charge in [-0.15, -0.1) is 0 Å². The fraction of sp³-hybridized carbons (Fsp3) is 0.211. The molecule has 0 spiro atoms. The fourth-order valence-corrected chi connectivity index (χ4v) is 2.90. The van der Waals surface area contributed by atoms with E-state index in [-0.39, 0.29) is 0 Å². The summed E-state index contributed by atoms with van der Waals surface area (Å²) in [4.78, 5) is 0. The van der Waals surface area contributed by atoms with Gasteiger partial charge in [0.2, 0.25) is 5.69 Å². The fourth-order valence-electron chi connectivity index (χ4n) is 2.90. The Morgan fingerprint density at radius 1 is 0.952 bits per heavy atom. The normalized spacial score (nSPS) is 10.9. The molecular weight excluding hydrogens is 256 g/mol. The van der Waals surface area contributed by atoms with Crippen LogP contribution in [-0.4, -0.2) is 4.57 Å². The number of aromatic nitrogens is 2. The van der Waals surface area contributed by atoms with Crippen molar-refractivity contribution < 1.29 is 4.57 Å². The van der Waals surface area contributed by atoms with E-state index >= 15 is 0 Å². The van der Waals surface area contributed by atoms with Gasteiger partial charge in [-0.1, -0.05) is 6.07 Å². The molecule has 0 aliphatic carbocycles. The van der Waals surface area contributed by atoms with Crippen molar-refractivity contribution in [3.63, 3.8) is 0 Å². The number of pyridine rings is 1. The van der Waals surface area contributed by atoms with Crippen molar-refractivity contribution >= 4 is 0 Å². The summed E-state index contributed by atoms with van der Waals surface area (Å²) in [6, 6.07) is 15.1. The molecule has 2 heterocycles. The standard InChI is InChI=1S/C19H21N2/c1-14-12-17(18-9-7-10-20(18)4)16(3)19(13-14)21-11-6-5-8-15(21)2/h5-13H,1-4H3/q+1. The number of benzene rings is 1. The molecule has 1 aromatic carbocycles. The Morgan fingerprint density at radius 3 is 2.43 bits per heavy atom. The molecule has 0 N–H and O–H groups in total. The monoisotopic (exact) mass is 277 g/mol. The highest BCUT2D eigenvalue weighted by Crippen LogP contribution is 2.27. The maximum Gasteiger partial charge on any atom is 0.214 e. The molecule has 2 heteroatoms. The van der Waals surface area contributed by atoms with Crippen LogP contribution in [0, 0.1) is 20.8 Å². The molecule has 0 aliphatic heterocycles. The number of hydrogen-bond acceptors (Lipinski definition) is 0. The third kappa shape index (κ3) is 2.38. The highest BCUT2D eigenvalue weighted by Gasteiger charge is 2.18. The molecule has 0 bridgehead atoms. The summed E-state index contributed by atoms with van der Waals surface area (Å²) < 4.78 is 4.43. The second-order valence-corrected chi connectivity index (χ2v) is 5.67. The second kappa shape index (κ2) is 5.21. The van der Waals surface area contributed by atoms with Gasteiger partial charge in [-0.25, -0.2) is 0 Å². The van der Waals surface area contributed by atoms with E-state index < -0.39 is 0 Å². The summed E-state index contributed by atoms with van der Waals surface area (Å²) >= 11 is 0. The lowest BCUT2D eigenvalue weighted by atomic mass is 10.00. The SMILES string of the molecule is Cc1cc(-c2cccn2C)c(C)c(-[n+]2ccccc2C)c1. The average molecular weight is 277 g/mol. The first-order chi connectivity index (χ1) is 10.1. The van der Waals surface area contributed by atoms with E-state index in [1.54, 1.807) is 0 Å². The minimum Gasteiger partial charge on any atom is -0.351 e. The number of nitrogens with zero attached hydrogens (tertiary/aromatic N) is 2. The predicted molar refractivity (Wildman–Crippen MR) is 86.6 cm³/mol. The van der Waals surface area contributed by atoms with Crippen molar-refractivity contribution in [1.29, 1.82) is 0 Å². The molecule has 0 atom stereocenters. The van der Waals surface area contributed by atoms with Gasteiger partial charge in [0.15, 0.2) is 11.9 Å². The van der Waals surface area contributed by atoms with Crippen LogP contribution in [-0.2, 0) is 7.05 Å². The topological polar surface area (TPSA) is 8.81 Å². The van der Waals surface area contributed by atoms with Crippen molar-refractivity contribution in [1.82, 2.24) is 4.57 Å². The zero-order valence-corrected chi connectivity index (χ0v) is 13.1. The van der Waals surface area contributed by atoms with Crippen molar-refractivity contribution in [2.45, 2.75) is 20.8 Å². The minimum absolute atomic E-state index is 1.24. The zero-order valence-electron chi connectivity index (χ0n) is 13.1. The number of aryl methyl sites for hydroxylation is 3. The third-order valence-corrected chi connectivity index (χ3v) is 4.07. The largest absolute Gasteiger partial charge is 0.351 e. The number of rotatable bonds is 2. The van der Waals surface area contributed by atoms with Crippen LogP contribution in [0.5, 0.6) is 0 Å². The Balaban J connectivity index is 2.27. The molecule has 0 radical (unpaired) electrons. The van der Waals surface area contributed by atoms with Gasteiger partial charge < -0.3 is 4.57 Å². The summed E-state index contributed by atoms with van der Waals surface area (Å²) in [5.41, 5.74) is 7.64. The maximum absolute atomic E-state index is 2.27. The van der Waals surface area contributed by atoms with E-state index in [0.717, 1.165) is 0 Å². The smallest absolute Gasteiger partial charge is 0.214 e. The quantitative estimate of drug-likeness (QED) is 0.628. The molecule has 0 fully saturated rings. The van der Waals surface area contributed by atoms with E-state index in [0.29, 0.717) is 0 Å². The minimum atomic E-state index is 1.24. The van der Waals surface area contributed by atoms with Crippen molar-refractivity contribution in [3.8, 4) is 16.9 Å². The molecule has 3 rings (SSSR count). The Hall–Kier alpha value is -2.35. The highest BCUT2D eigenvalue weighted by atomic mass is 15.0. The van der Waals surface area contributed by atoms with Crippen molar-refractivity contribution in [3.05, 3.63) is 71.7 Å². The molecule has 0 saturated heterocycles. The summed E-state index contributed by atoms with van der Waals surface area (Å²) in [7, 11) is 2.09. The van der Waals surface area contributed by atoms with Crippen LogP contribution in [0.3, 0.4) is 0 Å². The second-order valence-electron chi connectivity index (χ2n) is 5.67. The highest BCUT2D eigenvalue weighted by molar-refractivity contribution is 5.68. The molecule has 0 unspecified atom stereocenters. The Labute approximate surface area is 126 Å². The van der Waals surface area contributed by atoms with Crippen LogP contribution >= 0.6 is 0 Å². The third-order valence-electron chi connectivity index (χ3n) is 4.07. The van der Waals surface area contributed by atoms with Crippen LogP contribution in [0.25, 0.3) is 16.9 Å². The van der Waals surface area contributed by atoms with Crippen LogP contribution in [0.4, 0.5) is 0 Å². The van der Waals surface area contributed by atoms with Crippen LogP contribution in [0.15, 0.2) is 54.9 Å². The van der Waals surface area contributed by atoms with Gasteiger partial charge >= 0.3 is 0 Å². The molecule has 3 aromatic rings. The lowest BCUT2D eigenvalue weighted by Crippen LogP contribution is -2.34. The van der Waals surface area contributed by atoms with Gasteiger partial charge in [-0.2, -0.15) is 4.57 Å². The molecule has 21 heavy (non-hydrogen) atoms. The molecule has 2 nitrogen and oxygen atoms in total. The van der Waals surface area contributed by atoms with E-state index in [2.05, 4.69) is 91.8 Å². The maximum atomic E-state index is 2.27. The Kier molecular flexibility index (Phi) is 3.38. The molecule has 0 amide bonds. The molecular formula is C19H21N2+.